The molecule has 0 amide bonds. The van der Waals surface area contributed by atoms with Gasteiger partial charge in [-0.3, -0.25) is 10.8 Å². The Labute approximate surface area is 98.7 Å². The molecule has 0 fully saturated rings. The molecule has 0 aliphatic rings. The maximum Gasteiger partial charge on any atom is 0.0931 e. The monoisotopic (exact) mass is 244 g/mol. The summed E-state index contributed by atoms with van der Waals surface area (Å²) in [6.07, 6.45) is 0. The summed E-state index contributed by atoms with van der Waals surface area (Å²) in [5, 5.41) is 13.5. The van der Waals surface area contributed by atoms with Crippen molar-refractivity contribution in [1.29, 1.82) is 10.8 Å². The fraction of sp³-hybridized carbons (Fsp3) is 0.750. The topological polar surface area (TPSA) is 99.7 Å². The lowest BCUT2D eigenvalue weighted by Gasteiger charge is -1.95. The highest BCUT2D eigenvalue weighted by Gasteiger charge is 1.91. The Kier molecular flexibility index (Phi) is 20.9. The van der Waals surface area contributed by atoms with Crippen LogP contribution >= 0.6 is 24.8 Å². The highest BCUT2D eigenvalue weighted by Crippen LogP contribution is 1.85. The van der Waals surface area contributed by atoms with Crippen LogP contribution in [0, 0.1) is 22.7 Å². The number of hydrogen-bond donors (Lipinski definition) is 4. The van der Waals surface area contributed by atoms with Crippen LogP contribution in [0.2, 0.25) is 0 Å². The first kappa shape index (κ1) is 23.4. The molecule has 6 N–H and O–H groups in total. The van der Waals surface area contributed by atoms with E-state index in [9.17, 15) is 0 Å². The van der Waals surface area contributed by atoms with Gasteiger partial charge >= 0.3 is 0 Å². The summed E-state index contributed by atoms with van der Waals surface area (Å²) in [4.78, 5) is 0. The van der Waals surface area contributed by atoms with E-state index in [0.29, 0.717) is 0 Å². The van der Waals surface area contributed by atoms with Crippen molar-refractivity contribution in [2.45, 2.75) is 27.7 Å². The molecule has 0 aliphatic heterocycles. The predicted molar refractivity (Wildman–Crippen MR) is 68.0 cm³/mol. The normalized spacial score (nSPS) is 7.86. The van der Waals surface area contributed by atoms with Gasteiger partial charge in [0.25, 0.3) is 0 Å². The molecule has 0 rings (SSSR count). The van der Waals surface area contributed by atoms with Crippen molar-refractivity contribution < 1.29 is 0 Å². The number of halogens is 2. The minimum Gasteiger partial charge on any atom is -0.387 e. The molecule has 0 unspecified atom stereocenters. The molecule has 0 heterocycles. The third-order valence-corrected chi connectivity index (χ3v) is 1.24. The Balaban J connectivity index is -0.0000000625. The second-order valence-electron chi connectivity index (χ2n) is 3.22. The van der Waals surface area contributed by atoms with Crippen LogP contribution in [-0.2, 0) is 0 Å². The lowest BCUT2D eigenvalue weighted by Crippen LogP contribution is -2.16. The van der Waals surface area contributed by atoms with Crippen molar-refractivity contribution in [1.82, 2.24) is 0 Å². The summed E-state index contributed by atoms with van der Waals surface area (Å²) in [7, 11) is 0. The molecular weight excluding hydrogens is 223 g/mol. The fourth-order valence-electron chi connectivity index (χ4n) is 0. The van der Waals surface area contributed by atoms with Gasteiger partial charge in [-0.05, 0) is 0 Å². The Morgan fingerprint density at radius 3 is 0.857 bits per heavy atom. The summed E-state index contributed by atoms with van der Waals surface area (Å²) in [5.74, 6) is 0.944. The molecule has 0 radical (unpaired) electrons. The predicted octanol–water partition coefficient (Wildman–Crippen LogP) is 2.00. The first-order valence-corrected chi connectivity index (χ1v) is 3.96. The zero-order valence-electron chi connectivity index (χ0n) is 9.13. The molecule has 0 aromatic rings. The molecule has 0 saturated heterocycles. The molecule has 4 nitrogen and oxygen atoms in total. The van der Waals surface area contributed by atoms with Crippen LogP contribution in [0.5, 0.6) is 0 Å². The van der Waals surface area contributed by atoms with E-state index in [4.69, 9.17) is 22.3 Å². The van der Waals surface area contributed by atoms with Gasteiger partial charge in [-0.25, -0.2) is 0 Å². The third-order valence-electron chi connectivity index (χ3n) is 1.24. The maximum absolute atomic E-state index is 6.73. The van der Waals surface area contributed by atoms with E-state index in [1.165, 1.54) is 0 Å². The second kappa shape index (κ2) is 12.5. The second-order valence-corrected chi connectivity index (χ2v) is 3.22. The Hall–Kier alpha value is -0.480. The van der Waals surface area contributed by atoms with E-state index in [1.54, 1.807) is 0 Å². The SMILES string of the molecule is CC(C)C(=N)N.CC(C)C(=N)N.Cl.Cl. The lowest BCUT2D eigenvalue weighted by atomic mass is 10.2. The van der Waals surface area contributed by atoms with E-state index in [-0.39, 0.29) is 48.3 Å². The van der Waals surface area contributed by atoms with Gasteiger partial charge in [-0.15, -0.1) is 24.8 Å². The van der Waals surface area contributed by atoms with Crippen LogP contribution in [0.15, 0.2) is 0 Å². The zero-order valence-corrected chi connectivity index (χ0v) is 10.8. The van der Waals surface area contributed by atoms with Gasteiger partial charge in [-0.2, -0.15) is 0 Å². The minimum absolute atomic E-state index is 0. The molecule has 14 heavy (non-hydrogen) atoms. The van der Waals surface area contributed by atoms with Gasteiger partial charge in [0.15, 0.2) is 0 Å². The van der Waals surface area contributed by atoms with Crippen LogP contribution in [-0.4, -0.2) is 11.7 Å². The average molecular weight is 245 g/mol. The van der Waals surface area contributed by atoms with Crippen molar-refractivity contribution in [3.05, 3.63) is 0 Å². The number of amidine groups is 2. The quantitative estimate of drug-likeness (QED) is 0.442. The molecule has 0 aliphatic carbocycles. The largest absolute Gasteiger partial charge is 0.387 e. The number of nitrogens with two attached hydrogens (primary N) is 2. The molecule has 88 valence electrons. The van der Waals surface area contributed by atoms with Crippen LogP contribution in [0.3, 0.4) is 0 Å². The highest BCUT2D eigenvalue weighted by atomic mass is 35.5. The zero-order chi connectivity index (χ0) is 10.3. The van der Waals surface area contributed by atoms with Crippen LogP contribution in [0.4, 0.5) is 0 Å². The lowest BCUT2D eigenvalue weighted by molar-refractivity contribution is 0.865. The summed E-state index contributed by atoms with van der Waals surface area (Å²) in [6.45, 7) is 7.56. The molecule has 0 spiro atoms. The van der Waals surface area contributed by atoms with Crippen molar-refractivity contribution in [2.75, 3.05) is 0 Å². The molecule has 0 atom stereocenters. The van der Waals surface area contributed by atoms with E-state index in [0.717, 1.165) is 0 Å². The standard InChI is InChI=1S/2C4H10N2.2ClH/c2*1-3(2)4(5)6;;/h2*3H,1-2H3,(H3,5,6);2*1H. The fourth-order valence-corrected chi connectivity index (χ4v) is 0. The smallest absolute Gasteiger partial charge is 0.0931 e. The highest BCUT2D eigenvalue weighted by molar-refractivity contribution is 5.85. The Bertz CT molecular complexity index is 139. The summed E-state index contributed by atoms with van der Waals surface area (Å²) < 4.78 is 0. The molecule has 6 heteroatoms. The first-order valence-electron chi connectivity index (χ1n) is 3.96. The van der Waals surface area contributed by atoms with E-state index in [2.05, 4.69) is 0 Å². The Morgan fingerprint density at radius 1 is 0.786 bits per heavy atom. The molecule has 0 aromatic heterocycles. The van der Waals surface area contributed by atoms with Crippen molar-refractivity contribution >= 4 is 36.5 Å². The number of rotatable bonds is 2. The third kappa shape index (κ3) is 22.5. The van der Waals surface area contributed by atoms with Crippen molar-refractivity contribution in [3.63, 3.8) is 0 Å². The molecule has 0 aromatic carbocycles. The van der Waals surface area contributed by atoms with Crippen LogP contribution in [0.1, 0.15) is 27.7 Å². The molecule has 0 saturated carbocycles. The van der Waals surface area contributed by atoms with E-state index < -0.39 is 0 Å². The summed E-state index contributed by atoms with van der Waals surface area (Å²) in [6, 6.07) is 0. The van der Waals surface area contributed by atoms with Crippen LogP contribution in [0.25, 0.3) is 0 Å². The maximum atomic E-state index is 6.73. The van der Waals surface area contributed by atoms with Gasteiger partial charge in [0.2, 0.25) is 0 Å². The van der Waals surface area contributed by atoms with Crippen LogP contribution < -0.4 is 11.5 Å². The van der Waals surface area contributed by atoms with Gasteiger partial charge in [0, 0.05) is 11.8 Å². The van der Waals surface area contributed by atoms with Gasteiger partial charge in [0.05, 0.1) is 11.7 Å². The molecule has 0 bridgehead atoms. The van der Waals surface area contributed by atoms with E-state index in [1.807, 2.05) is 27.7 Å². The first-order chi connectivity index (χ1) is 5.29. The molecular formula is C8H22Cl2N4. The number of hydrogen-bond acceptors (Lipinski definition) is 2. The summed E-state index contributed by atoms with van der Waals surface area (Å²) in [5.41, 5.74) is 10.0. The van der Waals surface area contributed by atoms with E-state index >= 15 is 0 Å². The van der Waals surface area contributed by atoms with Crippen molar-refractivity contribution in [2.24, 2.45) is 23.3 Å². The average Bonchev–Trinajstić information content (AvgIpc) is 1.88. The van der Waals surface area contributed by atoms with Gasteiger partial charge < -0.3 is 11.5 Å². The minimum atomic E-state index is 0. The Morgan fingerprint density at radius 2 is 0.857 bits per heavy atom. The van der Waals surface area contributed by atoms with Gasteiger partial charge in [0.1, 0.15) is 0 Å². The van der Waals surface area contributed by atoms with Crippen molar-refractivity contribution in [3.8, 4) is 0 Å². The summed E-state index contributed by atoms with van der Waals surface area (Å²) >= 11 is 0. The van der Waals surface area contributed by atoms with Gasteiger partial charge in [-0.1, -0.05) is 27.7 Å². The number of nitrogens with one attached hydrogen (secondary N) is 2.